The molecular formula is C28H29FN4O2. The zero-order chi connectivity index (χ0) is 24.6. The number of nitrogens with zero attached hydrogens (tertiary/aromatic N) is 3. The van der Waals surface area contributed by atoms with Gasteiger partial charge in [0, 0.05) is 6.20 Å². The summed E-state index contributed by atoms with van der Waals surface area (Å²) in [6.45, 7) is 0.952. The van der Waals surface area contributed by atoms with E-state index >= 15 is 0 Å². The van der Waals surface area contributed by atoms with Crippen molar-refractivity contribution in [2.45, 2.75) is 19.2 Å². The number of amides is 1. The van der Waals surface area contributed by atoms with Crippen LogP contribution in [0, 0.1) is 5.82 Å². The van der Waals surface area contributed by atoms with Crippen molar-refractivity contribution in [3.05, 3.63) is 108 Å². The van der Waals surface area contributed by atoms with E-state index < -0.39 is 0 Å². The molecule has 0 bridgehead atoms. The monoisotopic (exact) mass is 472 g/mol. The fourth-order valence-electron chi connectivity index (χ4n) is 3.71. The van der Waals surface area contributed by atoms with Gasteiger partial charge in [0.25, 0.3) is 5.91 Å². The summed E-state index contributed by atoms with van der Waals surface area (Å²) in [5.41, 5.74) is 3.40. The molecule has 0 aliphatic carbocycles. The Balaban J connectivity index is 1.36. The minimum Gasteiger partial charge on any atom is -0.471 e. The molecule has 1 heterocycles. The summed E-state index contributed by atoms with van der Waals surface area (Å²) in [5, 5.41) is 7.38. The lowest BCUT2D eigenvalue weighted by molar-refractivity contribution is 0.0925. The van der Waals surface area contributed by atoms with Crippen molar-refractivity contribution in [2.75, 3.05) is 20.6 Å². The second-order valence-corrected chi connectivity index (χ2v) is 8.57. The highest BCUT2D eigenvalue weighted by Crippen LogP contribution is 2.22. The van der Waals surface area contributed by atoms with Gasteiger partial charge in [-0.3, -0.25) is 4.79 Å². The van der Waals surface area contributed by atoms with Crippen molar-refractivity contribution in [1.82, 2.24) is 20.0 Å². The van der Waals surface area contributed by atoms with Crippen LogP contribution in [0.3, 0.4) is 0 Å². The second kappa shape index (κ2) is 11.4. The van der Waals surface area contributed by atoms with Crippen LogP contribution in [-0.4, -0.2) is 41.2 Å². The van der Waals surface area contributed by atoms with Crippen LogP contribution in [0.25, 0.3) is 11.1 Å². The largest absolute Gasteiger partial charge is 0.471 e. The quantitative estimate of drug-likeness (QED) is 0.347. The molecular weight excluding hydrogens is 443 g/mol. The molecule has 0 saturated heterocycles. The summed E-state index contributed by atoms with van der Waals surface area (Å²) >= 11 is 0. The van der Waals surface area contributed by atoms with Crippen molar-refractivity contribution < 1.29 is 13.9 Å². The van der Waals surface area contributed by atoms with Gasteiger partial charge in [-0.1, -0.05) is 54.6 Å². The van der Waals surface area contributed by atoms with E-state index in [1.165, 1.54) is 12.1 Å². The molecule has 35 heavy (non-hydrogen) atoms. The predicted octanol–water partition coefficient (Wildman–Crippen LogP) is 5.15. The van der Waals surface area contributed by atoms with Gasteiger partial charge in [0.2, 0.25) is 0 Å². The maximum atomic E-state index is 13.4. The average Bonchev–Trinajstić information content (AvgIpc) is 3.36. The molecule has 1 aromatic heterocycles. The van der Waals surface area contributed by atoms with E-state index in [9.17, 15) is 9.18 Å². The molecule has 1 atom stereocenters. The summed E-state index contributed by atoms with van der Waals surface area (Å²) in [4.78, 5) is 14.9. The fourth-order valence-corrected chi connectivity index (χ4v) is 3.71. The molecule has 6 nitrogen and oxygen atoms in total. The normalized spacial score (nSPS) is 11.9. The summed E-state index contributed by atoms with van der Waals surface area (Å²) in [5.74, 6) is 0.121. The first-order valence-electron chi connectivity index (χ1n) is 11.5. The first-order chi connectivity index (χ1) is 17.0. The Kier molecular flexibility index (Phi) is 7.90. The van der Waals surface area contributed by atoms with E-state index in [1.807, 2.05) is 61.5 Å². The van der Waals surface area contributed by atoms with Crippen LogP contribution in [0.15, 0.2) is 91.1 Å². The minimum atomic E-state index is -0.306. The summed E-state index contributed by atoms with van der Waals surface area (Å²) in [6, 6.07) is 25.6. The smallest absolute Gasteiger partial charge is 0.272 e. The van der Waals surface area contributed by atoms with Gasteiger partial charge in [0.1, 0.15) is 17.3 Å². The van der Waals surface area contributed by atoms with Crippen LogP contribution >= 0.6 is 0 Å². The highest BCUT2D eigenvalue weighted by Gasteiger charge is 2.18. The van der Waals surface area contributed by atoms with Crippen molar-refractivity contribution in [1.29, 1.82) is 0 Å². The number of rotatable bonds is 10. The Bertz CT molecular complexity index is 1220. The van der Waals surface area contributed by atoms with E-state index in [0.717, 1.165) is 23.2 Å². The van der Waals surface area contributed by atoms with Gasteiger partial charge in [-0.25, -0.2) is 9.07 Å². The molecule has 4 aromatic rings. The van der Waals surface area contributed by atoms with Gasteiger partial charge in [-0.2, -0.15) is 5.10 Å². The van der Waals surface area contributed by atoms with Gasteiger partial charge in [-0.15, -0.1) is 0 Å². The molecule has 0 aliphatic rings. The van der Waals surface area contributed by atoms with Crippen molar-refractivity contribution >= 4 is 5.91 Å². The van der Waals surface area contributed by atoms with Crippen LogP contribution in [0.5, 0.6) is 5.75 Å². The summed E-state index contributed by atoms with van der Waals surface area (Å²) < 4.78 is 20.8. The zero-order valence-electron chi connectivity index (χ0n) is 19.9. The van der Waals surface area contributed by atoms with E-state index in [-0.39, 0.29) is 24.5 Å². The number of aromatic nitrogens is 2. The molecule has 0 fully saturated rings. The lowest BCUT2D eigenvalue weighted by atomic mass is 10.0. The average molecular weight is 473 g/mol. The third-order valence-electron chi connectivity index (χ3n) is 5.64. The van der Waals surface area contributed by atoms with E-state index in [2.05, 4.69) is 22.5 Å². The summed E-state index contributed by atoms with van der Waals surface area (Å²) in [7, 11) is 3.95. The highest BCUT2D eigenvalue weighted by atomic mass is 19.1. The SMILES string of the molecule is CN(C)CCC(NC(=O)c1ccn(COc2ccc(-c3ccccc3)cc2)n1)c1ccc(F)cc1. The van der Waals surface area contributed by atoms with E-state index in [0.29, 0.717) is 17.9 Å². The Morgan fingerprint density at radius 3 is 2.34 bits per heavy atom. The predicted molar refractivity (Wildman–Crippen MR) is 135 cm³/mol. The molecule has 1 N–H and O–H groups in total. The van der Waals surface area contributed by atoms with Crippen LogP contribution in [-0.2, 0) is 6.73 Å². The molecule has 180 valence electrons. The number of carbonyl (C=O) groups excluding carboxylic acids is 1. The van der Waals surface area contributed by atoms with Crippen molar-refractivity contribution in [2.24, 2.45) is 0 Å². The summed E-state index contributed by atoms with van der Waals surface area (Å²) in [6.07, 6.45) is 2.40. The van der Waals surface area contributed by atoms with Gasteiger partial charge in [0.05, 0.1) is 6.04 Å². The van der Waals surface area contributed by atoms with Gasteiger partial charge < -0.3 is 15.0 Å². The maximum absolute atomic E-state index is 13.4. The Morgan fingerprint density at radius 1 is 0.971 bits per heavy atom. The lowest BCUT2D eigenvalue weighted by Crippen LogP contribution is -2.31. The lowest BCUT2D eigenvalue weighted by Gasteiger charge is -2.21. The number of halogens is 1. The molecule has 0 radical (unpaired) electrons. The number of benzene rings is 3. The minimum absolute atomic E-state index is 0.181. The zero-order valence-corrected chi connectivity index (χ0v) is 19.9. The number of hydrogen-bond acceptors (Lipinski definition) is 4. The fraction of sp³-hybridized carbons (Fsp3) is 0.214. The molecule has 7 heteroatoms. The first kappa shape index (κ1) is 24.2. The van der Waals surface area contributed by atoms with E-state index in [1.54, 1.807) is 29.1 Å². The third kappa shape index (κ3) is 6.77. The Morgan fingerprint density at radius 2 is 1.66 bits per heavy atom. The molecule has 3 aromatic carbocycles. The highest BCUT2D eigenvalue weighted by molar-refractivity contribution is 5.92. The molecule has 0 saturated carbocycles. The Labute approximate surface area is 205 Å². The number of hydrogen-bond donors (Lipinski definition) is 1. The topological polar surface area (TPSA) is 59.4 Å². The van der Waals surface area contributed by atoms with Gasteiger partial charge in [0.15, 0.2) is 6.73 Å². The molecule has 1 amide bonds. The Hall–Kier alpha value is -3.97. The maximum Gasteiger partial charge on any atom is 0.272 e. The van der Waals surface area contributed by atoms with Crippen LogP contribution in [0.2, 0.25) is 0 Å². The molecule has 0 spiro atoms. The van der Waals surface area contributed by atoms with Crippen LogP contribution in [0.4, 0.5) is 4.39 Å². The first-order valence-corrected chi connectivity index (χ1v) is 11.5. The van der Waals surface area contributed by atoms with Gasteiger partial charge >= 0.3 is 0 Å². The van der Waals surface area contributed by atoms with Crippen LogP contribution in [0.1, 0.15) is 28.5 Å². The molecule has 1 unspecified atom stereocenters. The second-order valence-electron chi connectivity index (χ2n) is 8.57. The van der Waals surface area contributed by atoms with E-state index in [4.69, 9.17) is 4.74 Å². The number of nitrogens with one attached hydrogen (secondary N) is 1. The molecule has 0 aliphatic heterocycles. The third-order valence-corrected chi connectivity index (χ3v) is 5.64. The molecule has 4 rings (SSSR count). The van der Waals surface area contributed by atoms with Crippen LogP contribution < -0.4 is 10.1 Å². The standard InChI is InChI=1S/C28H29FN4O2/c1-32(2)18-16-26(23-8-12-24(29)13-9-23)30-28(34)27-17-19-33(31-27)20-35-25-14-10-22(11-15-25)21-6-4-3-5-7-21/h3-15,17,19,26H,16,18,20H2,1-2H3,(H,30,34). The number of ether oxygens (including phenoxy) is 1. The van der Waals surface area contributed by atoms with Crippen molar-refractivity contribution in [3.8, 4) is 16.9 Å². The van der Waals surface area contributed by atoms with Gasteiger partial charge in [-0.05, 0) is 74.1 Å². The number of carbonyl (C=O) groups is 1. The van der Waals surface area contributed by atoms with Crippen molar-refractivity contribution in [3.63, 3.8) is 0 Å².